The molecule has 2 aromatic rings. The molecule has 1 aliphatic rings. The minimum Gasteiger partial charge on any atom is -0.488 e. The molecule has 106 valence electrons. The second-order valence-electron chi connectivity index (χ2n) is 5.09. The summed E-state index contributed by atoms with van der Waals surface area (Å²) in [5, 5.41) is 0. The molecule has 5 heteroatoms. The van der Waals surface area contributed by atoms with E-state index in [-0.39, 0.29) is 12.1 Å². The average molecular weight is 272 g/mol. The van der Waals surface area contributed by atoms with E-state index in [1.54, 1.807) is 0 Å². The van der Waals surface area contributed by atoms with Crippen LogP contribution < -0.4 is 16.0 Å². The summed E-state index contributed by atoms with van der Waals surface area (Å²) in [7, 11) is 0. The van der Waals surface area contributed by atoms with Gasteiger partial charge in [0, 0.05) is 25.4 Å². The van der Waals surface area contributed by atoms with Gasteiger partial charge in [-0.3, -0.25) is 5.84 Å². The van der Waals surface area contributed by atoms with Crippen LogP contribution in [0.2, 0.25) is 0 Å². The Hall–Kier alpha value is -1.85. The van der Waals surface area contributed by atoms with Crippen LogP contribution in [-0.4, -0.2) is 15.7 Å². The van der Waals surface area contributed by atoms with Crippen molar-refractivity contribution in [2.45, 2.75) is 38.5 Å². The summed E-state index contributed by atoms with van der Waals surface area (Å²) in [4.78, 5) is 4.45. The first kappa shape index (κ1) is 13.1. The first-order valence-electron chi connectivity index (χ1n) is 7.05. The van der Waals surface area contributed by atoms with Gasteiger partial charge >= 0.3 is 0 Å². The molecule has 0 spiro atoms. The number of aromatic nitrogens is 2. The molecule has 0 amide bonds. The van der Waals surface area contributed by atoms with E-state index in [0.29, 0.717) is 0 Å². The fourth-order valence-corrected chi connectivity index (χ4v) is 2.77. The van der Waals surface area contributed by atoms with Crippen molar-refractivity contribution in [2.75, 3.05) is 0 Å². The molecule has 1 aliphatic heterocycles. The summed E-state index contributed by atoms with van der Waals surface area (Å²) >= 11 is 0. The molecule has 0 bridgehead atoms. The van der Waals surface area contributed by atoms with Gasteiger partial charge in [0.25, 0.3) is 0 Å². The second kappa shape index (κ2) is 5.64. The molecule has 3 N–H and O–H groups in total. The Kier molecular flexibility index (Phi) is 3.71. The Labute approximate surface area is 118 Å². The predicted octanol–water partition coefficient (Wildman–Crippen LogP) is 1.80. The number of hydrogen-bond acceptors (Lipinski definition) is 4. The maximum atomic E-state index is 6.02. The SMILES string of the molecule is CCCn1ccnc1C(NN)C1Cc2ccccc2O1. The molecule has 0 saturated heterocycles. The topological polar surface area (TPSA) is 65.1 Å². The number of nitrogens with zero attached hydrogens (tertiary/aromatic N) is 2. The lowest BCUT2D eigenvalue weighted by atomic mass is 10.0. The lowest BCUT2D eigenvalue weighted by Gasteiger charge is -2.23. The number of aryl methyl sites for hydroxylation is 1. The van der Waals surface area contributed by atoms with Gasteiger partial charge in [0.05, 0.1) is 0 Å². The molecule has 2 heterocycles. The van der Waals surface area contributed by atoms with Crippen LogP contribution in [0.15, 0.2) is 36.7 Å². The summed E-state index contributed by atoms with van der Waals surface area (Å²) in [5.74, 6) is 7.65. The van der Waals surface area contributed by atoms with Crippen LogP contribution in [0.5, 0.6) is 5.75 Å². The summed E-state index contributed by atoms with van der Waals surface area (Å²) < 4.78 is 8.16. The number of rotatable bonds is 5. The van der Waals surface area contributed by atoms with Crippen molar-refractivity contribution < 1.29 is 4.74 Å². The lowest BCUT2D eigenvalue weighted by Crippen LogP contribution is -2.40. The fourth-order valence-electron chi connectivity index (χ4n) is 2.77. The minimum atomic E-state index is -0.107. The first-order valence-corrected chi connectivity index (χ1v) is 7.05. The van der Waals surface area contributed by atoms with Gasteiger partial charge in [-0.25, -0.2) is 10.4 Å². The number of hydrogen-bond donors (Lipinski definition) is 2. The number of nitrogens with one attached hydrogen (secondary N) is 1. The summed E-state index contributed by atoms with van der Waals surface area (Å²) in [5.41, 5.74) is 4.10. The molecular weight excluding hydrogens is 252 g/mol. The monoisotopic (exact) mass is 272 g/mol. The molecule has 1 aromatic carbocycles. The van der Waals surface area contributed by atoms with Crippen LogP contribution in [0.1, 0.15) is 30.8 Å². The molecule has 3 rings (SSSR count). The van der Waals surface area contributed by atoms with Crippen LogP contribution >= 0.6 is 0 Å². The molecule has 0 saturated carbocycles. The molecule has 20 heavy (non-hydrogen) atoms. The Balaban J connectivity index is 1.83. The Morgan fingerprint density at radius 3 is 3.10 bits per heavy atom. The van der Waals surface area contributed by atoms with Crippen molar-refractivity contribution >= 4 is 0 Å². The second-order valence-corrected chi connectivity index (χ2v) is 5.09. The van der Waals surface area contributed by atoms with Gasteiger partial charge < -0.3 is 9.30 Å². The van der Waals surface area contributed by atoms with E-state index in [0.717, 1.165) is 31.0 Å². The zero-order chi connectivity index (χ0) is 13.9. The minimum absolute atomic E-state index is 0.0181. The summed E-state index contributed by atoms with van der Waals surface area (Å²) in [6.45, 7) is 3.09. The number of hydrazine groups is 1. The van der Waals surface area contributed by atoms with Crippen molar-refractivity contribution in [1.82, 2.24) is 15.0 Å². The van der Waals surface area contributed by atoms with Gasteiger partial charge in [-0.05, 0) is 18.1 Å². The number of fused-ring (bicyclic) bond motifs is 1. The van der Waals surface area contributed by atoms with Gasteiger partial charge in [0.1, 0.15) is 23.7 Å². The summed E-state index contributed by atoms with van der Waals surface area (Å²) in [6, 6.07) is 8.02. The highest BCUT2D eigenvalue weighted by atomic mass is 16.5. The van der Waals surface area contributed by atoms with Gasteiger partial charge in [-0.1, -0.05) is 25.1 Å². The number of benzene rings is 1. The van der Waals surface area contributed by atoms with Crippen LogP contribution in [0.3, 0.4) is 0 Å². The number of imidazole rings is 1. The van der Waals surface area contributed by atoms with Crippen molar-refractivity contribution in [3.8, 4) is 5.75 Å². The van der Waals surface area contributed by atoms with Crippen LogP contribution in [0.4, 0.5) is 0 Å². The molecule has 5 nitrogen and oxygen atoms in total. The Morgan fingerprint density at radius 1 is 1.50 bits per heavy atom. The molecular formula is C15H20N4O. The van der Waals surface area contributed by atoms with Crippen LogP contribution in [0, 0.1) is 0 Å². The van der Waals surface area contributed by atoms with Crippen molar-refractivity contribution in [3.05, 3.63) is 48.0 Å². The van der Waals surface area contributed by atoms with E-state index in [9.17, 15) is 0 Å². The highest BCUT2D eigenvalue weighted by Gasteiger charge is 2.33. The van der Waals surface area contributed by atoms with Gasteiger partial charge in [-0.2, -0.15) is 0 Å². The molecule has 0 radical (unpaired) electrons. The highest BCUT2D eigenvalue weighted by Crippen LogP contribution is 2.33. The maximum Gasteiger partial charge on any atom is 0.131 e. The number of para-hydroxylation sites is 1. The predicted molar refractivity (Wildman–Crippen MR) is 77.1 cm³/mol. The van der Waals surface area contributed by atoms with E-state index in [4.69, 9.17) is 10.6 Å². The molecule has 1 aromatic heterocycles. The summed E-state index contributed by atoms with van der Waals surface area (Å²) in [6.07, 6.45) is 5.70. The zero-order valence-electron chi connectivity index (χ0n) is 11.6. The normalized spacial score (nSPS) is 18.6. The van der Waals surface area contributed by atoms with Gasteiger partial charge in [-0.15, -0.1) is 0 Å². The molecule has 0 fully saturated rings. The van der Waals surface area contributed by atoms with Crippen molar-refractivity contribution in [1.29, 1.82) is 0 Å². The lowest BCUT2D eigenvalue weighted by molar-refractivity contribution is 0.171. The van der Waals surface area contributed by atoms with Crippen LogP contribution in [-0.2, 0) is 13.0 Å². The fraction of sp³-hybridized carbons (Fsp3) is 0.400. The Bertz CT molecular complexity index is 556. The van der Waals surface area contributed by atoms with E-state index < -0.39 is 0 Å². The largest absolute Gasteiger partial charge is 0.488 e. The van der Waals surface area contributed by atoms with Gasteiger partial charge in [0.15, 0.2) is 0 Å². The molecule has 2 atom stereocenters. The van der Waals surface area contributed by atoms with E-state index >= 15 is 0 Å². The third kappa shape index (κ3) is 2.30. The highest BCUT2D eigenvalue weighted by molar-refractivity contribution is 5.38. The molecule has 2 unspecified atom stereocenters. The van der Waals surface area contributed by atoms with E-state index in [2.05, 4.69) is 28.0 Å². The van der Waals surface area contributed by atoms with Crippen molar-refractivity contribution in [3.63, 3.8) is 0 Å². The average Bonchev–Trinajstić information content (AvgIpc) is 3.07. The van der Waals surface area contributed by atoms with Gasteiger partial charge in [0.2, 0.25) is 0 Å². The van der Waals surface area contributed by atoms with Crippen LogP contribution in [0.25, 0.3) is 0 Å². The smallest absolute Gasteiger partial charge is 0.131 e. The maximum absolute atomic E-state index is 6.02. The third-order valence-electron chi connectivity index (χ3n) is 3.71. The number of nitrogens with two attached hydrogens (primary N) is 1. The standard InChI is InChI=1S/C15H20N4O/c1-2-8-19-9-7-17-15(19)14(18-16)13-10-11-5-3-4-6-12(11)20-13/h3-7,9,13-14,18H,2,8,10,16H2,1H3. The van der Waals surface area contributed by atoms with E-state index in [1.807, 2.05) is 30.6 Å². The Morgan fingerprint density at radius 2 is 2.35 bits per heavy atom. The number of ether oxygens (including phenoxy) is 1. The zero-order valence-corrected chi connectivity index (χ0v) is 11.6. The first-order chi connectivity index (χ1) is 9.83. The molecule has 0 aliphatic carbocycles. The quantitative estimate of drug-likeness (QED) is 0.643. The van der Waals surface area contributed by atoms with Crippen molar-refractivity contribution in [2.24, 2.45) is 5.84 Å². The third-order valence-corrected chi connectivity index (χ3v) is 3.71. The van der Waals surface area contributed by atoms with E-state index in [1.165, 1.54) is 5.56 Å².